The van der Waals surface area contributed by atoms with Gasteiger partial charge in [-0.05, 0) is 26.7 Å². The van der Waals surface area contributed by atoms with Crippen molar-refractivity contribution in [2.75, 3.05) is 20.1 Å². The Morgan fingerprint density at radius 2 is 1.93 bits per heavy atom. The molecule has 1 atom stereocenters. The van der Waals surface area contributed by atoms with Gasteiger partial charge in [0.1, 0.15) is 5.60 Å². The number of nitrogens with one attached hydrogen (secondary N) is 3. The number of nitrogens with zero attached hydrogens (tertiary/aromatic N) is 2. The van der Waals surface area contributed by atoms with Gasteiger partial charge in [0.15, 0.2) is 11.7 Å². The first-order chi connectivity index (χ1) is 13.3. The molecule has 0 spiro atoms. The molecule has 1 rings (SSSR count). The minimum absolute atomic E-state index is 0.143. The lowest BCUT2D eigenvalue weighted by Gasteiger charge is -2.26. The van der Waals surface area contributed by atoms with E-state index in [0.29, 0.717) is 30.5 Å². The van der Waals surface area contributed by atoms with E-state index in [1.54, 1.807) is 27.8 Å². The zero-order valence-electron chi connectivity index (χ0n) is 17.6. The number of rotatable bonds is 7. The molecule has 0 saturated carbocycles. The molecule has 1 amide bonds. The number of carbonyl (C=O) groups is 1. The van der Waals surface area contributed by atoms with E-state index < -0.39 is 23.6 Å². The minimum atomic E-state index is -4.42. The number of halogens is 3. The fourth-order valence-electron chi connectivity index (χ4n) is 2.18. The summed E-state index contributed by atoms with van der Waals surface area (Å²) in [5, 5.41) is 10.4. The molecular formula is C18H30F3N5O2S. The molecule has 0 fully saturated rings. The van der Waals surface area contributed by atoms with Crippen LogP contribution in [0.15, 0.2) is 10.4 Å². The van der Waals surface area contributed by atoms with Crippen molar-refractivity contribution in [1.29, 1.82) is 0 Å². The third kappa shape index (κ3) is 9.82. The van der Waals surface area contributed by atoms with E-state index in [4.69, 9.17) is 4.74 Å². The standard InChI is InChI=1S/C18H30F3N5O2S/c1-11(2)12(25-16(27)28-17(3,4)5)9-24-15(22-6)23-8-7-14-26-13(10-29-14)18(19,20)21/h10-12H,7-9H2,1-6H3,(H,25,27)(H2,22,23,24). The van der Waals surface area contributed by atoms with E-state index in [1.807, 2.05) is 13.8 Å². The monoisotopic (exact) mass is 437 g/mol. The Morgan fingerprint density at radius 1 is 1.28 bits per heavy atom. The van der Waals surface area contributed by atoms with Crippen LogP contribution < -0.4 is 16.0 Å². The predicted octanol–water partition coefficient (Wildman–Crippen LogP) is 3.42. The highest BCUT2D eigenvalue weighted by atomic mass is 32.1. The fraction of sp³-hybridized carbons (Fsp3) is 0.722. The van der Waals surface area contributed by atoms with Crippen molar-refractivity contribution in [1.82, 2.24) is 20.9 Å². The van der Waals surface area contributed by atoms with Gasteiger partial charge in [-0.1, -0.05) is 13.8 Å². The second kappa shape index (κ2) is 10.7. The number of hydrogen-bond donors (Lipinski definition) is 3. The average molecular weight is 438 g/mol. The van der Waals surface area contributed by atoms with Crippen LogP contribution in [0, 0.1) is 5.92 Å². The summed E-state index contributed by atoms with van der Waals surface area (Å²) in [4.78, 5) is 19.7. The van der Waals surface area contributed by atoms with Crippen LogP contribution in [-0.2, 0) is 17.3 Å². The number of thiazole rings is 1. The molecule has 1 unspecified atom stereocenters. The Kier molecular flexibility index (Phi) is 9.18. The number of carbonyl (C=O) groups excluding carboxylic acids is 1. The molecule has 3 N–H and O–H groups in total. The molecule has 7 nitrogen and oxygen atoms in total. The zero-order valence-corrected chi connectivity index (χ0v) is 18.4. The first kappa shape index (κ1) is 25.0. The third-order valence-electron chi connectivity index (χ3n) is 3.69. The maximum atomic E-state index is 12.6. The van der Waals surface area contributed by atoms with Gasteiger partial charge in [-0.2, -0.15) is 13.2 Å². The minimum Gasteiger partial charge on any atom is -0.444 e. The van der Waals surface area contributed by atoms with Gasteiger partial charge in [0, 0.05) is 31.9 Å². The summed E-state index contributed by atoms with van der Waals surface area (Å²) in [6.07, 6.45) is -4.58. The Labute approximate surface area is 173 Å². The molecular weight excluding hydrogens is 407 g/mol. The molecule has 0 bridgehead atoms. The number of guanidine groups is 1. The molecule has 29 heavy (non-hydrogen) atoms. The summed E-state index contributed by atoms with van der Waals surface area (Å²) < 4.78 is 43.0. The van der Waals surface area contributed by atoms with Gasteiger partial charge in [0.25, 0.3) is 0 Å². The number of aliphatic imine (C=N–C) groups is 1. The molecule has 0 radical (unpaired) electrons. The highest BCUT2D eigenvalue weighted by molar-refractivity contribution is 7.09. The summed E-state index contributed by atoms with van der Waals surface area (Å²) in [6.45, 7) is 10.1. The molecule has 0 aliphatic rings. The predicted molar refractivity (Wildman–Crippen MR) is 108 cm³/mol. The zero-order chi connectivity index (χ0) is 22.2. The normalized spacial score (nSPS) is 13.9. The van der Waals surface area contributed by atoms with Gasteiger partial charge in [0.2, 0.25) is 0 Å². The highest BCUT2D eigenvalue weighted by Gasteiger charge is 2.33. The van der Waals surface area contributed by atoms with Crippen molar-refractivity contribution in [2.24, 2.45) is 10.9 Å². The topological polar surface area (TPSA) is 87.6 Å². The second-order valence-corrected chi connectivity index (χ2v) is 8.69. The van der Waals surface area contributed by atoms with Gasteiger partial charge in [-0.3, -0.25) is 4.99 Å². The lowest BCUT2D eigenvalue weighted by Crippen LogP contribution is -2.50. The molecule has 0 aliphatic heterocycles. The van der Waals surface area contributed by atoms with Crippen LogP contribution in [0.2, 0.25) is 0 Å². The van der Waals surface area contributed by atoms with Crippen molar-refractivity contribution in [2.45, 2.75) is 58.9 Å². The number of amides is 1. The lowest BCUT2D eigenvalue weighted by molar-refractivity contribution is -0.140. The maximum absolute atomic E-state index is 12.6. The van der Waals surface area contributed by atoms with Crippen LogP contribution in [0.4, 0.5) is 18.0 Å². The molecule has 1 aromatic heterocycles. The van der Waals surface area contributed by atoms with E-state index in [2.05, 4.69) is 25.9 Å². The van der Waals surface area contributed by atoms with Crippen LogP contribution in [0.5, 0.6) is 0 Å². The van der Waals surface area contributed by atoms with Crippen LogP contribution in [-0.4, -0.2) is 48.8 Å². The van der Waals surface area contributed by atoms with Crippen molar-refractivity contribution >= 4 is 23.4 Å². The highest BCUT2D eigenvalue weighted by Crippen LogP contribution is 2.29. The molecule has 166 valence electrons. The largest absolute Gasteiger partial charge is 0.444 e. The van der Waals surface area contributed by atoms with E-state index in [0.717, 1.165) is 16.7 Å². The van der Waals surface area contributed by atoms with Crippen molar-refractivity contribution in [3.63, 3.8) is 0 Å². The van der Waals surface area contributed by atoms with Gasteiger partial charge in [0.05, 0.1) is 11.0 Å². The first-order valence-electron chi connectivity index (χ1n) is 9.27. The Morgan fingerprint density at radius 3 is 2.41 bits per heavy atom. The maximum Gasteiger partial charge on any atom is 0.434 e. The number of hydrogen-bond acceptors (Lipinski definition) is 5. The molecule has 11 heteroatoms. The van der Waals surface area contributed by atoms with E-state index in [9.17, 15) is 18.0 Å². The quantitative estimate of drug-likeness (QED) is 0.449. The summed E-state index contributed by atoms with van der Waals surface area (Å²) in [5.74, 6) is 0.624. The van der Waals surface area contributed by atoms with Crippen LogP contribution >= 0.6 is 11.3 Å². The fourth-order valence-corrected chi connectivity index (χ4v) is 2.99. The Balaban J connectivity index is 2.48. The summed E-state index contributed by atoms with van der Waals surface area (Å²) in [5.41, 5.74) is -1.45. The smallest absolute Gasteiger partial charge is 0.434 e. The van der Waals surface area contributed by atoms with Crippen molar-refractivity contribution in [3.05, 3.63) is 16.1 Å². The number of alkyl carbamates (subject to hydrolysis) is 1. The average Bonchev–Trinajstić information content (AvgIpc) is 3.04. The van der Waals surface area contributed by atoms with Crippen molar-refractivity contribution in [3.8, 4) is 0 Å². The number of alkyl halides is 3. The molecule has 0 saturated heterocycles. The first-order valence-corrected chi connectivity index (χ1v) is 10.2. The molecule has 1 aromatic rings. The summed E-state index contributed by atoms with van der Waals surface area (Å²) >= 11 is 0.976. The molecule has 0 aliphatic carbocycles. The third-order valence-corrected chi connectivity index (χ3v) is 4.60. The number of ether oxygens (including phenoxy) is 1. The SMILES string of the molecule is CN=C(NCCc1nc(C(F)(F)F)cs1)NCC(NC(=O)OC(C)(C)C)C(C)C. The Hall–Kier alpha value is -2.04. The van der Waals surface area contributed by atoms with Crippen LogP contribution in [0.25, 0.3) is 0 Å². The van der Waals surface area contributed by atoms with E-state index in [1.165, 1.54) is 0 Å². The summed E-state index contributed by atoms with van der Waals surface area (Å²) in [6, 6.07) is -0.197. The van der Waals surface area contributed by atoms with Crippen molar-refractivity contribution < 1.29 is 22.7 Å². The number of aromatic nitrogens is 1. The van der Waals surface area contributed by atoms with Gasteiger partial charge >= 0.3 is 12.3 Å². The van der Waals surface area contributed by atoms with Crippen LogP contribution in [0.1, 0.15) is 45.3 Å². The van der Waals surface area contributed by atoms with Gasteiger partial charge < -0.3 is 20.7 Å². The Bertz CT molecular complexity index is 684. The van der Waals surface area contributed by atoms with Gasteiger partial charge in [-0.25, -0.2) is 9.78 Å². The van der Waals surface area contributed by atoms with E-state index in [-0.39, 0.29) is 12.0 Å². The molecule has 0 aromatic carbocycles. The second-order valence-electron chi connectivity index (χ2n) is 7.75. The summed E-state index contributed by atoms with van der Waals surface area (Å²) in [7, 11) is 1.59. The lowest BCUT2D eigenvalue weighted by atomic mass is 10.0. The van der Waals surface area contributed by atoms with Gasteiger partial charge in [-0.15, -0.1) is 11.3 Å². The van der Waals surface area contributed by atoms with E-state index >= 15 is 0 Å². The molecule has 1 heterocycles. The van der Waals surface area contributed by atoms with Crippen LogP contribution in [0.3, 0.4) is 0 Å².